The van der Waals surface area contributed by atoms with E-state index in [9.17, 15) is 4.79 Å². The molecule has 1 aliphatic heterocycles. The van der Waals surface area contributed by atoms with Gasteiger partial charge in [0, 0.05) is 37.7 Å². The number of piperazine rings is 1. The lowest BCUT2D eigenvalue weighted by Crippen LogP contribution is -2.42. The van der Waals surface area contributed by atoms with Crippen molar-refractivity contribution in [2.45, 2.75) is 6.54 Å². The highest BCUT2D eigenvalue weighted by atomic mass is 35.5. The monoisotopic (exact) mass is 268 g/mol. The molecule has 0 spiro atoms. The Kier molecular flexibility index (Phi) is 4.58. The zero-order valence-electron chi connectivity index (χ0n) is 10.4. The third-order valence-electron chi connectivity index (χ3n) is 3.07. The van der Waals surface area contributed by atoms with E-state index in [-0.39, 0.29) is 5.97 Å². The lowest BCUT2D eigenvalue weighted by Gasteiger charge is -2.27. The van der Waals surface area contributed by atoms with Crippen LogP contribution in [-0.2, 0) is 11.3 Å². The number of carbonyl (C=O) groups excluding carboxylic acids is 1. The van der Waals surface area contributed by atoms with Crippen LogP contribution in [0.2, 0.25) is 5.02 Å². The summed E-state index contributed by atoms with van der Waals surface area (Å²) in [5.41, 5.74) is 1.52. The first-order valence-electron chi connectivity index (χ1n) is 6.00. The van der Waals surface area contributed by atoms with Crippen LogP contribution in [-0.4, -0.2) is 44.2 Å². The van der Waals surface area contributed by atoms with E-state index in [0.717, 1.165) is 38.3 Å². The molecule has 1 aromatic carbocycles. The molecule has 1 fully saturated rings. The molecule has 5 heteroatoms. The highest BCUT2D eigenvalue weighted by Crippen LogP contribution is 2.20. The molecule has 0 bridgehead atoms. The lowest BCUT2D eigenvalue weighted by molar-refractivity contribution is 0.0600. The van der Waals surface area contributed by atoms with E-state index in [1.54, 1.807) is 12.1 Å². The summed E-state index contributed by atoms with van der Waals surface area (Å²) >= 11 is 6.17. The standard InChI is InChI=1S/C13H17ClN2O2/c1-18-13(17)10-2-3-12(14)11(8-10)9-16-6-4-15-5-7-16/h2-3,8,15H,4-7,9H2,1H3. The fraction of sp³-hybridized carbons (Fsp3) is 0.462. The summed E-state index contributed by atoms with van der Waals surface area (Å²) in [4.78, 5) is 13.8. The summed E-state index contributed by atoms with van der Waals surface area (Å²) in [5, 5.41) is 4.00. The molecule has 0 aromatic heterocycles. The topological polar surface area (TPSA) is 41.6 Å². The Hall–Kier alpha value is -1.10. The zero-order chi connectivity index (χ0) is 13.0. The molecule has 1 N–H and O–H groups in total. The van der Waals surface area contributed by atoms with Crippen LogP contribution in [0.5, 0.6) is 0 Å². The van der Waals surface area contributed by atoms with Crippen LogP contribution in [0.3, 0.4) is 0 Å². The molecule has 0 atom stereocenters. The predicted molar refractivity (Wildman–Crippen MR) is 70.9 cm³/mol. The Morgan fingerprint density at radius 2 is 2.17 bits per heavy atom. The van der Waals surface area contributed by atoms with E-state index in [2.05, 4.69) is 10.2 Å². The predicted octanol–water partition coefficient (Wildman–Crippen LogP) is 1.53. The Morgan fingerprint density at radius 1 is 1.44 bits per heavy atom. The molecule has 0 unspecified atom stereocenters. The summed E-state index contributed by atoms with van der Waals surface area (Å²) < 4.78 is 4.72. The Bertz CT molecular complexity index is 431. The van der Waals surface area contributed by atoms with E-state index >= 15 is 0 Å². The average Bonchev–Trinajstić information content (AvgIpc) is 2.41. The van der Waals surface area contributed by atoms with Crippen molar-refractivity contribution >= 4 is 17.6 Å². The number of nitrogens with one attached hydrogen (secondary N) is 1. The zero-order valence-corrected chi connectivity index (χ0v) is 11.2. The SMILES string of the molecule is COC(=O)c1ccc(Cl)c(CN2CCNCC2)c1. The van der Waals surface area contributed by atoms with Crippen molar-refractivity contribution in [2.24, 2.45) is 0 Å². The van der Waals surface area contributed by atoms with Gasteiger partial charge in [-0.1, -0.05) is 11.6 Å². The minimum Gasteiger partial charge on any atom is -0.465 e. The molecule has 0 saturated carbocycles. The van der Waals surface area contributed by atoms with Crippen molar-refractivity contribution in [3.05, 3.63) is 34.3 Å². The molecular weight excluding hydrogens is 252 g/mol. The number of benzene rings is 1. The van der Waals surface area contributed by atoms with E-state index < -0.39 is 0 Å². The summed E-state index contributed by atoms with van der Waals surface area (Å²) in [7, 11) is 1.38. The molecule has 1 heterocycles. The first-order valence-corrected chi connectivity index (χ1v) is 6.38. The highest BCUT2D eigenvalue weighted by Gasteiger charge is 2.14. The van der Waals surface area contributed by atoms with Crippen molar-refractivity contribution in [3.8, 4) is 0 Å². The Morgan fingerprint density at radius 3 is 2.83 bits per heavy atom. The van der Waals surface area contributed by atoms with Crippen molar-refractivity contribution in [1.82, 2.24) is 10.2 Å². The van der Waals surface area contributed by atoms with E-state index in [1.807, 2.05) is 6.07 Å². The van der Waals surface area contributed by atoms with Crippen LogP contribution in [0.15, 0.2) is 18.2 Å². The minimum atomic E-state index is -0.326. The van der Waals surface area contributed by atoms with Crippen molar-refractivity contribution in [2.75, 3.05) is 33.3 Å². The fourth-order valence-corrected chi connectivity index (χ4v) is 2.23. The maximum atomic E-state index is 11.5. The fourth-order valence-electron chi connectivity index (χ4n) is 2.05. The van der Waals surface area contributed by atoms with Gasteiger partial charge in [0.2, 0.25) is 0 Å². The summed E-state index contributed by atoms with van der Waals surface area (Å²) in [5.74, 6) is -0.326. The molecule has 1 aliphatic rings. The number of methoxy groups -OCH3 is 1. The van der Waals surface area contributed by atoms with E-state index in [4.69, 9.17) is 16.3 Å². The quantitative estimate of drug-likeness (QED) is 0.845. The summed E-state index contributed by atoms with van der Waals surface area (Å²) in [6, 6.07) is 5.26. The minimum absolute atomic E-state index is 0.326. The smallest absolute Gasteiger partial charge is 0.337 e. The van der Waals surface area contributed by atoms with Gasteiger partial charge >= 0.3 is 5.97 Å². The van der Waals surface area contributed by atoms with Crippen LogP contribution in [0.1, 0.15) is 15.9 Å². The second kappa shape index (κ2) is 6.18. The van der Waals surface area contributed by atoms with Gasteiger partial charge in [0.05, 0.1) is 12.7 Å². The number of ether oxygens (including phenoxy) is 1. The van der Waals surface area contributed by atoms with Crippen LogP contribution < -0.4 is 5.32 Å². The van der Waals surface area contributed by atoms with Crippen molar-refractivity contribution < 1.29 is 9.53 Å². The molecular formula is C13H17ClN2O2. The largest absolute Gasteiger partial charge is 0.465 e. The first-order chi connectivity index (χ1) is 8.70. The molecule has 1 saturated heterocycles. The second-order valence-electron chi connectivity index (χ2n) is 4.32. The number of halogens is 1. The number of carbonyl (C=O) groups is 1. The van der Waals surface area contributed by atoms with Crippen LogP contribution in [0, 0.1) is 0 Å². The molecule has 0 amide bonds. The number of hydrogen-bond donors (Lipinski definition) is 1. The van der Waals surface area contributed by atoms with Crippen molar-refractivity contribution in [1.29, 1.82) is 0 Å². The van der Waals surface area contributed by atoms with Gasteiger partial charge in [0.25, 0.3) is 0 Å². The first kappa shape index (κ1) is 13.3. The molecule has 0 aliphatic carbocycles. The number of hydrogen-bond acceptors (Lipinski definition) is 4. The number of rotatable bonds is 3. The Balaban J connectivity index is 2.12. The number of nitrogens with zero attached hydrogens (tertiary/aromatic N) is 1. The summed E-state index contributed by atoms with van der Waals surface area (Å²) in [6.07, 6.45) is 0. The van der Waals surface area contributed by atoms with Crippen molar-refractivity contribution in [3.63, 3.8) is 0 Å². The van der Waals surface area contributed by atoms with E-state index in [1.165, 1.54) is 7.11 Å². The van der Waals surface area contributed by atoms with Gasteiger partial charge in [-0.3, -0.25) is 4.90 Å². The molecule has 0 radical (unpaired) electrons. The molecule has 98 valence electrons. The summed E-state index contributed by atoms with van der Waals surface area (Å²) in [6.45, 7) is 4.76. The van der Waals surface area contributed by atoms with Gasteiger partial charge < -0.3 is 10.1 Å². The van der Waals surface area contributed by atoms with Gasteiger partial charge in [0.1, 0.15) is 0 Å². The molecule has 2 rings (SSSR count). The van der Waals surface area contributed by atoms with Gasteiger partial charge in [-0.15, -0.1) is 0 Å². The maximum Gasteiger partial charge on any atom is 0.337 e. The second-order valence-corrected chi connectivity index (χ2v) is 4.73. The molecule has 1 aromatic rings. The van der Waals surface area contributed by atoms with E-state index in [0.29, 0.717) is 10.6 Å². The maximum absolute atomic E-state index is 11.5. The van der Waals surface area contributed by atoms with Gasteiger partial charge in [-0.05, 0) is 23.8 Å². The average molecular weight is 269 g/mol. The normalized spacial score (nSPS) is 16.6. The molecule has 18 heavy (non-hydrogen) atoms. The number of esters is 1. The van der Waals surface area contributed by atoms with Crippen LogP contribution in [0.25, 0.3) is 0 Å². The molecule has 4 nitrogen and oxygen atoms in total. The third-order valence-corrected chi connectivity index (χ3v) is 3.44. The highest BCUT2D eigenvalue weighted by molar-refractivity contribution is 6.31. The third kappa shape index (κ3) is 3.22. The van der Waals surface area contributed by atoms with Gasteiger partial charge in [-0.2, -0.15) is 0 Å². The van der Waals surface area contributed by atoms with Crippen LogP contribution in [0.4, 0.5) is 0 Å². The van der Waals surface area contributed by atoms with Gasteiger partial charge in [-0.25, -0.2) is 4.79 Å². The lowest BCUT2D eigenvalue weighted by atomic mass is 10.1. The van der Waals surface area contributed by atoms with Crippen LogP contribution >= 0.6 is 11.6 Å². The van der Waals surface area contributed by atoms with Gasteiger partial charge in [0.15, 0.2) is 0 Å². The Labute approximate surface area is 112 Å².